The summed E-state index contributed by atoms with van der Waals surface area (Å²) in [5, 5.41) is 2.97. The first kappa shape index (κ1) is 20.1. The Morgan fingerprint density at radius 3 is 2.59 bits per heavy atom. The molecular formula is C21H26F2N2O4. The molecule has 2 aliphatic heterocycles. The number of benzene rings is 1. The van der Waals surface area contributed by atoms with Crippen LogP contribution in [0.2, 0.25) is 0 Å². The van der Waals surface area contributed by atoms with Gasteiger partial charge in [-0.2, -0.15) is 0 Å². The quantitative estimate of drug-likeness (QED) is 0.816. The number of nitrogens with one attached hydrogen (secondary N) is 1. The van der Waals surface area contributed by atoms with Gasteiger partial charge in [-0.3, -0.25) is 4.79 Å². The van der Waals surface area contributed by atoms with E-state index in [1.165, 1.54) is 4.90 Å². The molecule has 6 nitrogen and oxygen atoms in total. The lowest BCUT2D eigenvalue weighted by Crippen LogP contribution is -2.57. The van der Waals surface area contributed by atoms with E-state index in [-0.39, 0.29) is 25.1 Å². The average Bonchev–Trinajstić information content (AvgIpc) is 3.38. The molecule has 1 aromatic rings. The lowest BCUT2D eigenvalue weighted by atomic mass is 9.75. The number of likely N-dealkylation sites (tertiary alicyclic amines) is 1. The first-order valence-electron chi connectivity index (χ1n) is 10.00. The second-order valence-electron chi connectivity index (χ2n) is 9.11. The summed E-state index contributed by atoms with van der Waals surface area (Å²) >= 11 is 0. The maximum absolute atomic E-state index is 14.0. The van der Waals surface area contributed by atoms with Gasteiger partial charge in [-0.25, -0.2) is 13.6 Å². The highest BCUT2D eigenvalue weighted by Gasteiger charge is 2.54. The number of rotatable bonds is 2. The third kappa shape index (κ3) is 3.82. The summed E-state index contributed by atoms with van der Waals surface area (Å²) in [5.41, 5.74) is -0.703. The van der Waals surface area contributed by atoms with E-state index in [1.807, 2.05) is 0 Å². The fourth-order valence-electron chi connectivity index (χ4n) is 4.13. The second-order valence-corrected chi connectivity index (χ2v) is 9.11. The number of hydrogen-bond acceptors (Lipinski definition) is 4. The van der Waals surface area contributed by atoms with E-state index < -0.39 is 34.8 Å². The van der Waals surface area contributed by atoms with Crippen LogP contribution in [0.25, 0.3) is 0 Å². The molecule has 3 aliphatic rings. The summed E-state index contributed by atoms with van der Waals surface area (Å²) in [4.78, 5) is 27.2. The van der Waals surface area contributed by atoms with Crippen molar-refractivity contribution in [3.05, 3.63) is 34.9 Å². The van der Waals surface area contributed by atoms with E-state index in [9.17, 15) is 18.4 Å². The number of carbonyl (C=O) groups is 2. The second kappa shape index (κ2) is 6.93. The van der Waals surface area contributed by atoms with Crippen LogP contribution >= 0.6 is 0 Å². The summed E-state index contributed by atoms with van der Waals surface area (Å²) in [7, 11) is 0. The normalized spacial score (nSPS) is 26.4. The number of ether oxygens (including phenoxy) is 2. The van der Waals surface area contributed by atoms with Crippen molar-refractivity contribution in [2.24, 2.45) is 5.92 Å². The molecule has 2 fully saturated rings. The summed E-state index contributed by atoms with van der Waals surface area (Å²) < 4.78 is 39.3. The number of piperidine rings is 1. The monoisotopic (exact) mass is 408 g/mol. The van der Waals surface area contributed by atoms with Crippen LogP contribution in [-0.4, -0.2) is 41.6 Å². The Kier molecular flexibility index (Phi) is 4.80. The van der Waals surface area contributed by atoms with Crippen LogP contribution in [0.5, 0.6) is 0 Å². The van der Waals surface area contributed by atoms with Crippen LogP contribution in [0, 0.1) is 17.6 Å². The first-order chi connectivity index (χ1) is 13.6. The highest BCUT2D eigenvalue weighted by molar-refractivity contribution is 5.82. The van der Waals surface area contributed by atoms with Gasteiger partial charge in [0.15, 0.2) is 11.6 Å². The lowest BCUT2D eigenvalue weighted by molar-refractivity contribution is -0.153. The van der Waals surface area contributed by atoms with Crippen molar-refractivity contribution < 1.29 is 27.8 Å². The van der Waals surface area contributed by atoms with Gasteiger partial charge in [0.25, 0.3) is 0 Å². The number of carbonyl (C=O) groups excluding carboxylic acids is 2. The zero-order valence-corrected chi connectivity index (χ0v) is 16.9. The van der Waals surface area contributed by atoms with E-state index in [2.05, 4.69) is 5.32 Å². The Balaban J connectivity index is 1.65. The predicted octanol–water partition coefficient (Wildman–Crippen LogP) is 3.23. The summed E-state index contributed by atoms with van der Waals surface area (Å²) in [6.45, 7) is 5.82. The smallest absolute Gasteiger partial charge is 0.410 e. The Morgan fingerprint density at radius 2 is 1.93 bits per heavy atom. The molecule has 1 saturated carbocycles. The van der Waals surface area contributed by atoms with Crippen LogP contribution < -0.4 is 5.32 Å². The molecule has 2 heterocycles. The maximum atomic E-state index is 14.0. The van der Waals surface area contributed by atoms with Crippen molar-refractivity contribution in [3.8, 4) is 0 Å². The molecule has 4 rings (SSSR count). The molecule has 2 amide bonds. The number of fused-ring (bicyclic) bond motifs is 2. The molecule has 1 aliphatic carbocycles. The molecule has 1 unspecified atom stereocenters. The van der Waals surface area contributed by atoms with Gasteiger partial charge in [0.2, 0.25) is 5.91 Å². The minimum absolute atomic E-state index is 0.0892. The molecule has 0 aromatic heterocycles. The fraction of sp³-hybridized carbons (Fsp3) is 0.619. The van der Waals surface area contributed by atoms with Crippen molar-refractivity contribution in [1.29, 1.82) is 0 Å². The largest absolute Gasteiger partial charge is 0.444 e. The zero-order chi connectivity index (χ0) is 21.0. The molecule has 0 bridgehead atoms. The molecule has 29 heavy (non-hydrogen) atoms. The van der Waals surface area contributed by atoms with Crippen LogP contribution in [0.3, 0.4) is 0 Å². The number of halogens is 2. The Hall–Kier alpha value is -2.22. The van der Waals surface area contributed by atoms with Gasteiger partial charge in [-0.05, 0) is 63.3 Å². The molecule has 0 radical (unpaired) electrons. The van der Waals surface area contributed by atoms with Gasteiger partial charge in [-0.1, -0.05) is 0 Å². The standard InChI is InChI=1S/C21H26F2N2O4/c1-20(2,3)29-19(27)25-7-6-21(15(10-25)18(26)24-13-4-5-13)14-9-17(23)16(22)8-12(14)11-28-21/h8-9,13,15H,4-7,10-11H2,1-3H3,(H,24,26)/t15?,21-/m0/s1. The van der Waals surface area contributed by atoms with Gasteiger partial charge in [0, 0.05) is 19.1 Å². The summed E-state index contributed by atoms with van der Waals surface area (Å²) in [5.74, 6) is -2.88. The molecular weight excluding hydrogens is 382 g/mol. The Bertz CT molecular complexity index is 850. The van der Waals surface area contributed by atoms with Crippen molar-refractivity contribution in [2.75, 3.05) is 13.1 Å². The topological polar surface area (TPSA) is 67.9 Å². The minimum atomic E-state index is -1.08. The van der Waals surface area contributed by atoms with Crippen LogP contribution in [-0.2, 0) is 26.5 Å². The van der Waals surface area contributed by atoms with Crippen LogP contribution in [0.1, 0.15) is 51.2 Å². The number of nitrogens with zero attached hydrogens (tertiary/aromatic N) is 1. The van der Waals surface area contributed by atoms with E-state index in [0.29, 0.717) is 24.1 Å². The molecule has 158 valence electrons. The third-order valence-electron chi connectivity index (χ3n) is 5.70. The summed E-state index contributed by atoms with van der Waals surface area (Å²) in [6, 6.07) is 2.40. The van der Waals surface area contributed by atoms with E-state index in [4.69, 9.17) is 9.47 Å². The first-order valence-corrected chi connectivity index (χ1v) is 10.00. The number of hydrogen-bond donors (Lipinski definition) is 1. The van der Waals surface area contributed by atoms with Gasteiger partial charge in [-0.15, -0.1) is 0 Å². The molecule has 1 spiro atoms. The predicted molar refractivity (Wildman–Crippen MR) is 99.9 cm³/mol. The molecule has 1 saturated heterocycles. The summed E-state index contributed by atoms with van der Waals surface area (Å²) in [6.07, 6.45) is 1.63. The third-order valence-corrected chi connectivity index (χ3v) is 5.70. The van der Waals surface area contributed by atoms with Crippen LogP contribution in [0.15, 0.2) is 12.1 Å². The Labute approximate surface area is 168 Å². The zero-order valence-electron chi connectivity index (χ0n) is 16.9. The molecule has 8 heteroatoms. The fourth-order valence-corrected chi connectivity index (χ4v) is 4.13. The van der Waals surface area contributed by atoms with Crippen molar-refractivity contribution in [1.82, 2.24) is 10.2 Å². The maximum Gasteiger partial charge on any atom is 0.410 e. The van der Waals surface area contributed by atoms with E-state index in [0.717, 1.165) is 25.0 Å². The van der Waals surface area contributed by atoms with Crippen molar-refractivity contribution in [2.45, 2.75) is 63.9 Å². The van der Waals surface area contributed by atoms with Crippen molar-refractivity contribution in [3.63, 3.8) is 0 Å². The SMILES string of the molecule is CC(C)(C)OC(=O)N1CC[C@@]2(OCc3cc(F)c(F)cc32)C(C(=O)NC2CC2)C1. The van der Waals surface area contributed by atoms with Gasteiger partial charge in [0.1, 0.15) is 11.2 Å². The van der Waals surface area contributed by atoms with E-state index >= 15 is 0 Å². The average molecular weight is 408 g/mol. The van der Waals surface area contributed by atoms with Crippen LogP contribution in [0.4, 0.5) is 13.6 Å². The van der Waals surface area contributed by atoms with Gasteiger partial charge < -0.3 is 19.7 Å². The molecule has 1 aromatic carbocycles. The highest BCUT2D eigenvalue weighted by atomic mass is 19.2. The molecule has 1 N–H and O–H groups in total. The van der Waals surface area contributed by atoms with Gasteiger partial charge in [0.05, 0.1) is 12.5 Å². The lowest BCUT2D eigenvalue weighted by Gasteiger charge is -2.44. The highest BCUT2D eigenvalue weighted by Crippen LogP contribution is 2.48. The van der Waals surface area contributed by atoms with Crippen molar-refractivity contribution >= 4 is 12.0 Å². The van der Waals surface area contributed by atoms with E-state index in [1.54, 1.807) is 20.8 Å². The Morgan fingerprint density at radius 1 is 1.24 bits per heavy atom. The van der Waals surface area contributed by atoms with Gasteiger partial charge >= 0.3 is 6.09 Å². The molecule has 2 atom stereocenters. The minimum Gasteiger partial charge on any atom is -0.444 e. The number of amides is 2.